The molecule has 0 fully saturated rings. The summed E-state index contributed by atoms with van der Waals surface area (Å²) in [6.45, 7) is 3.81. The number of carbonyl (C=O) groups excluding carboxylic acids is 1. The molecule has 0 aliphatic carbocycles. The molecule has 0 bridgehead atoms. The molecule has 108 valence electrons. The van der Waals surface area contributed by atoms with Gasteiger partial charge in [-0.3, -0.25) is 4.79 Å². The van der Waals surface area contributed by atoms with Gasteiger partial charge in [-0.1, -0.05) is 18.2 Å². The van der Waals surface area contributed by atoms with Crippen LogP contribution < -0.4 is 5.32 Å². The molecular formula is C15H16N4OS. The Morgan fingerprint density at radius 3 is 2.90 bits per heavy atom. The molecular weight excluding hydrogens is 284 g/mol. The second kappa shape index (κ2) is 5.65. The lowest BCUT2D eigenvalue weighted by atomic mass is 10.1. The molecule has 1 N–H and O–H groups in total. The van der Waals surface area contributed by atoms with E-state index in [2.05, 4.69) is 32.9 Å². The summed E-state index contributed by atoms with van der Waals surface area (Å²) in [7, 11) is 0. The predicted molar refractivity (Wildman–Crippen MR) is 83.1 cm³/mol. The van der Waals surface area contributed by atoms with Gasteiger partial charge in [0.05, 0.1) is 6.04 Å². The Kier molecular flexibility index (Phi) is 3.70. The third kappa shape index (κ3) is 2.67. The molecule has 0 aliphatic rings. The van der Waals surface area contributed by atoms with Gasteiger partial charge in [0.15, 0.2) is 0 Å². The van der Waals surface area contributed by atoms with Crippen molar-refractivity contribution in [2.75, 3.05) is 0 Å². The van der Waals surface area contributed by atoms with Crippen LogP contribution in [-0.4, -0.2) is 20.7 Å². The van der Waals surface area contributed by atoms with Crippen LogP contribution in [0.1, 0.15) is 31.5 Å². The van der Waals surface area contributed by atoms with E-state index in [1.165, 1.54) is 16.4 Å². The second-order valence-corrected chi connectivity index (χ2v) is 5.88. The molecule has 2 atom stereocenters. The van der Waals surface area contributed by atoms with E-state index >= 15 is 0 Å². The maximum atomic E-state index is 12.3. The van der Waals surface area contributed by atoms with E-state index in [1.807, 2.05) is 26.0 Å². The fourth-order valence-corrected chi connectivity index (χ4v) is 3.34. The molecule has 0 unspecified atom stereocenters. The normalized spacial score (nSPS) is 14.0. The van der Waals surface area contributed by atoms with Gasteiger partial charge in [-0.2, -0.15) is 5.10 Å². The number of carbonyl (C=O) groups is 1. The van der Waals surface area contributed by atoms with Crippen LogP contribution in [0.4, 0.5) is 0 Å². The van der Waals surface area contributed by atoms with Gasteiger partial charge in [0.25, 0.3) is 0 Å². The van der Waals surface area contributed by atoms with Crippen LogP contribution in [0.5, 0.6) is 0 Å². The highest BCUT2D eigenvalue weighted by molar-refractivity contribution is 7.17. The summed E-state index contributed by atoms with van der Waals surface area (Å²) in [4.78, 5) is 16.2. The summed E-state index contributed by atoms with van der Waals surface area (Å²) in [5, 5.41) is 10.4. The SMILES string of the molecule is C[C@H](C(=O)N[C@H](C)c1csc2ccccc12)n1cncn1. The van der Waals surface area contributed by atoms with Crippen LogP contribution in [0.2, 0.25) is 0 Å². The van der Waals surface area contributed by atoms with Crippen molar-refractivity contribution in [1.29, 1.82) is 0 Å². The second-order valence-electron chi connectivity index (χ2n) is 4.97. The van der Waals surface area contributed by atoms with Gasteiger partial charge in [-0.05, 0) is 36.2 Å². The smallest absolute Gasteiger partial charge is 0.245 e. The number of amides is 1. The molecule has 1 aromatic carbocycles. The highest BCUT2D eigenvalue weighted by Crippen LogP contribution is 2.30. The van der Waals surface area contributed by atoms with Crippen molar-refractivity contribution in [2.24, 2.45) is 0 Å². The Hall–Kier alpha value is -2.21. The van der Waals surface area contributed by atoms with Gasteiger partial charge < -0.3 is 5.32 Å². The minimum absolute atomic E-state index is 0.0420. The zero-order chi connectivity index (χ0) is 14.8. The summed E-state index contributed by atoms with van der Waals surface area (Å²) < 4.78 is 2.78. The van der Waals surface area contributed by atoms with Gasteiger partial charge in [0.2, 0.25) is 5.91 Å². The summed E-state index contributed by atoms with van der Waals surface area (Å²) in [6.07, 6.45) is 2.98. The van der Waals surface area contributed by atoms with Gasteiger partial charge in [-0.15, -0.1) is 11.3 Å². The molecule has 0 spiro atoms. The average molecular weight is 300 g/mol. The zero-order valence-corrected chi connectivity index (χ0v) is 12.7. The fourth-order valence-electron chi connectivity index (χ4n) is 2.28. The molecule has 1 amide bonds. The van der Waals surface area contributed by atoms with Gasteiger partial charge >= 0.3 is 0 Å². The number of hydrogen-bond acceptors (Lipinski definition) is 4. The molecule has 6 heteroatoms. The highest BCUT2D eigenvalue weighted by Gasteiger charge is 2.19. The zero-order valence-electron chi connectivity index (χ0n) is 11.9. The number of nitrogens with one attached hydrogen (secondary N) is 1. The molecule has 3 aromatic rings. The van der Waals surface area contributed by atoms with E-state index in [0.29, 0.717) is 0 Å². The van der Waals surface area contributed by atoms with Crippen LogP contribution in [0.25, 0.3) is 10.1 Å². The monoisotopic (exact) mass is 300 g/mol. The van der Waals surface area contributed by atoms with E-state index in [4.69, 9.17) is 0 Å². The Morgan fingerprint density at radius 2 is 2.14 bits per heavy atom. The number of benzene rings is 1. The molecule has 0 saturated carbocycles. The van der Waals surface area contributed by atoms with Crippen LogP contribution in [0.3, 0.4) is 0 Å². The lowest BCUT2D eigenvalue weighted by molar-refractivity contribution is -0.124. The topological polar surface area (TPSA) is 59.8 Å². The molecule has 0 saturated heterocycles. The predicted octanol–water partition coefficient (Wildman–Crippen LogP) is 2.93. The minimum Gasteiger partial charge on any atom is -0.348 e. The van der Waals surface area contributed by atoms with E-state index < -0.39 is 0 Å². The fraction of sp³-hybridized carbons (Fsp3) is 0.267. The van der Waals surface area contributed by atoms with Crippen LogP contribution in [0, 0.1) is 0 Å². The van der Waals surface area contributed by atoms with Crippen LogP contribution in [-0.2, 0) is 4.79 Å². The molecule has 0 radical (unpaired) electrons. The largest absolute Gasteiger partial charge is 0.348 e. The van der Waals surface area contributed by atoms with Crippen LogP contribution in [0.15, 0.2) is 42.3 Å². The summed E-state index contributed by atoms with van der Waals surface area (Å²) >= 11 is 1.70. The molecule has 5 nitrogen and oxygen atoms in total. The van der Waals surface area contributed by atoms with Crippen molar-refractivity contribution in [3.63, 3.8) is 0 Å². The molecule has 3 rings (SSSR count). The number of aromatic nitrogens is 3. The first-order valence-corrected chi connectivity index (χ1v) is 7.65. The van der Waals surface area contributed by atoms with E-state index in [9.17, 15) is 4.79 Å². The van der Waals surface area contributed by atoms with E-state index in [1.54, 1.807) is 22.3 Å². The number of rotatable bonds is 4. The first-order chi connectivity index (χ1) is 10.2. The first kappa shape index (κ1) is 13.8. The number of fused-ring (bicyclic) bond motifs is 1. The molecule has 0 aliphatic heterocycles. The Morgan fingerprint density at radius 1 is 1.33 bits per heavy atom. The van der Waals surface area contributed by atoms with Crippen molar-refractivity contribution in [3.8, 4) is 0 Å². The van der Waals surface area contributed by atoms with Gasteiger partial charge in [0, 0.05) is 4.70 Å². The van der Waals surface area contributed by atoms with Crippen molar-refractivity contribution in [3.05, 3.63) is 47.9 Å². The quantitative estimate of drug-likeness (QED) is 0.806. The molecule has 2 aromatic heterocycles. The minimum atomic E-state index is -0.375. The van der Waals surface area contributed by atoms with Crippen molar-refractivity contribution < 1.29 is 4.79 Å². The Balaban J connectivity index is 1.77. The third-order valence-electron chi connectivity index (χ3n) is 3.55. The standard InChI is InChI=1S/C15H16N4OS/c1-10(13-7-21-14-6-4-3-5-12(13)14)18-15(20)11(2)19-9-16-8-17-19/h3-11H,1-2H3,(H,18,20)/t10-,11-/m1/s1. The van der Waals surface area contributed by atoms with Crippen LogP contribution >= 0.6 is 11.3 Å². The van der Waals surface area contributed by atoms with Crippen molar-refractivity contribution in [2.45, 2.75) is 25.9 Å². The lowest BCUT2D eigenvalue weighted by Crippen LogP contribution is -2.33. The maximum absolute atomic E-state index is 12.3. The van der Waals surface area contributed by atoms with Gasteiger partial charge in [0.1, 0.15) is 18.7 Å². The molecule has 21 heavy (non-hydrogen) atoms. The maximum Gasteiger partial charge on any atom is 0.245 e. The average Bonchev–Trinajstić information content (AvgIpc) is 3.15. The van der Waals surface area contributed by atoms with Crippen molar-refractivity contribution in [1.82, 2.24) is 20.1 Å². The van der Waals surface area contributed by atoms with Gasteiger partial charge in [-0.25, -0.2) is 9.67 Å². The Labute approximate surface area is 126 Å². The highest BCUT2D eigenvalue weighted by atomic mass is 32.1. The summed E-state index contributed by atoms with van der Waals surface area (Å²) in [5.74, 6) is -0.0664. The lowest BCUT2D eigenvalue weighted by Gasteiger charge is -2.17. The number of thiophene rings is 1. The van der Waals surface area contributed by atoms with Crippen molar-refractivity contribution >= 4 is 27.3 Å². The first-order valence-electron chi connectivity index (χ1n) is 6.77. The molecule has 2 heterocycles. The number of hydrogen-bond donors (Lipinski definition) is 1. The summed E-state index contributed by atoms with van der Waals surface area (Å²) in [5.41, 5.74) is 1.15. The third-order valence-corrected chi connectivity index (χ3v) is 4.53. The van der Waals surface area contributed by atoms with E-state index in [-0.39, 0.29) is 18.0 Å². The Bertz CT molecular complexity index is 750. The summed E-state index contributed by atoms with van der Waals surface area (Å²) in [6, 6.07) is 7.81. The van der Waals surface area contributed by atoms with E-state index in [0.717, 1.165) is 5.56 Å². The number of nitrogens with zero attached hydrogens (tertiary/aromatic N) is 3.